The molecule has 0 spiro atoms. The second kappa shape index (κ2) is 10.4. The molecule has 38 heavy (non-hydrogen) atoms. The first-order valence-electron chi connectivity index (χ1n) is 12.4. The second-order valence-electron chi connectivity index (χ2n) is 10.6. The molecule has 0 aromatic carbocycles. The number of hydrogen-bond donors (Lipinski definition) is 0. The zero-order valence-electron chi connectivity index (χ0n) is 22.6. The maximum atomic E-state index is 14.8. The first kappa shape index (κ1) is 27.6. The number of carbonyl (C=O) groups is 1. The van der Waals surface area contributed by atoms with Gasteiger partial charge in [-0.2, -0.15) is 4.98 Å². The molecule has 0 radical (unpaired) electrons. The smallest absolute Gasteiger partial charge is 0.410 e. The van der Waals surface area contributed by atoms with Gasteiger partial charge < -0.3 is 19.3 Å². The Hall–Kier alpha value is -3.47. The summed E-state index contributed by atoms with van der Waals surface area (Å²) in [4.78, 5) is 42.9. The van der Waals surface area contributed by atoms with Gasteiger partial charge in [-0.3, -0.25) is 4.98 Å². The molecule has 3 aromatic rings. The van der Waals surface area contributed by atoms with E-state index in [2.05, 4.69) is 15.0 Å². The lowest BCUT2D eigenvalue weighted by atomic mass is 10.1. The number of hydrogen-bond acceptors (Lipinski definition) is 8. The number of anilines is 1. The normalized spacial score (nSPS) is 16.3. The van der Waals surface area contributed by atoms with Crippen molar-refractivity contribution < 1.29 is 18.7 Å². The third-order valence-electron chi connectivity index (χ3n) is 6.22. The van der Waals surface area contributed by atoms with Crippen LogP contribution in [0.3, 0.4) is 0 Å². The summed E-state index contributed by atoms with van der Waals surface area (Å²) in [6.45, 7) is 12.2. The van der Waals surface area contributed by atoms with Gasteiger partial charge >= 0.3 is 11.8 Å². The van der Waals surface area contributed by atoms with Crippen molar-refractivity contribution in [2.24, 2.45) is 0 Å². The average Bonchev–Trinajstić information content (AvgIpc) is 2.83. The fraction of sp³-hybridized carbons (Fsp3) is 0.500. The first-order valence-corrected chi connectivity index (χ1v) is 12.8. The number of ether oxygens (including phenoxy) is 2. The quantitative estimate of drug-likeness (QED) is 0.439. The molecule has 3 aromatic heterocycles. The summed E-state index contributed by atoms with van der Waals surface area (Å²) in [6, 6.07) is 2.62. The highest BCUT2D eigenvalue weighted by atomic mass is 35.5. The minimum atomic E-state index is -0.741. The van der Waals surface area contributed by atoms with E-state index < -0.39 is 23.2 Å². The molecule has 1 saturated heterocycles. The van der Waals surface area contributed by atoms with Crippen LogP contribution in [0.15, 0.2) is 23.1 Å². The maximum absolute atomic E-state index is 14.8. The molecule has 1 aliphatic rings. The van der Waals surface area contributed by atoms with Crippen LogP contribution in [0.1, 0.15) is 53.2 Å². The van der Waals surface area contributed by atoms with Crippen molar-refractivity contribution in [3.05, 3.63) is 45.5 Å². The summed E-state index contributed by atoms with van der Waals surface area (Å²) in [5.74, 6) is -0.161. The Morgan fingerprint density at radius 1 is 1.24 bits per heavy atom. The highest BCUT2D eigenvalue weighted by molar-refractivity contribution is 6.30. The lowest BCUT2D eigenvalue weighted by Crippen LogP contribution is -2.55. The molecule has 0 aliphatic carbocycles. The van der Waals surface area contributed by atoms with Crippen molar-refractivity contribution in [1.29, 1.82) is 0 Å². The van der Waals surface area contributed by atoms with Crippen LogP contribution in [0, 0.1) is 5.82 Å². The van der Waals surface area contributed by atoms with Crippen LogP contribution >= 0.6 is 11.6 Å². The molecule has 10 nitrogen and oxygen atoms in total. The number of carbonyl (C=O) groups excluding carboxylic acids is 1. The van der Waals surface area contributed by atoms with Gasteiger partial charge in [0.15, 0.2) is 16.6 Å². The first-order chi connectivity index (χ1) is 17.8. The molecule has 1 atom stereocenters. The van der Waals surface area contributed by atoms with Crippen LogP contribution in [0.5, 0.6) is 5.75 Å². The Bertz CT molecular complexity index is 1440. The molecule has 0 bridgehead atoms. The number of halogens is 2. The van der Waals surface area contributed by atoms with E-state index in [9.17, 15) is 14.0 Å². The number of amides is 1. The maximum Gasteiger partial charge on any atom is 0.410 e. The summed E-state index contributed by atoms with van der Waals surface area (Å²) in [6.07, 6.45) is 1.18. The van der Waals surface area contributed by atoms with Crippen molar-refractivity contribution in [3.8, 4) is 11.4 Å². The van der Waals surface area contributed by atoms with Crippen LogP contribution in [-0.4, -0.2) is 68.9 Å². The van der Waals surface area contributed by atoms with Crippen molar-refractivity contribution >= 4 is 34.5 Å². The summed E-state index contributed by atoms with van der Waals surface area (Å²) in [5.41, 5.74) is -0.176. The third kappa shape index (κ3) is 5.24. The number of aromatic nitrogens is 4. The van der Waals surface area contributed by atoms with Crippen molar-refractivity contribution in [1.82, 2.24) is 24.4 Å². The lowest BCUT2D eigenvalue weighted by Gasteiger charge is -2.41. The molecule has 204 valence electrons. The summed E-state index contributed by atoms with van der Waals surface area (Å²) >= 11 is 6.11. The summed E-state index contributed by atoms with van der Waals surface area (Å²) in [7, 11) is 1.49. The monoisotopic (exact) mass is 546 g/mol. The molecule has 0 saturated carbocycles. The number of fused-ring (bicyclic) bond motifs is 1. The Kier molecular flexibility index (Phi) is 7.51. The molecule has 0 N–H and O–H groups in total. The van der Waals surface area contributed by atoms with Gasteiger partial charge in [-0.25, -0.2) is 23.5 Å². The topological polar surface area (TPSA) is 103 Å². The van der Waals surface area contributed by atoms with Gasteiger partial charge in [0, 0.05) is 37.9 Å². The van der Waals surface area contributed by atoms with Gasteiger partial charge in [-0.1, -0.05) is 25.4 Å². The largest absolute Gasteiger partial charge is 0.494 e. The molecule has 4 rings (SSSR count). The van der Waals surface area contributed by atoms with Crippen molar-refractivity contribution in [3.63, 3.8) is 0 Å². The van der Waals surface area contributed by atoms with Crippen LogP contribution in [0.2, 0.25) is 5.15 Å². The van der Waals surface area contributed by atoms with Gasteiger partial charge in [0.2, 0.25) is 0 Å². The fourth-order valence-electron chi connectivity index (χ4n) is 4.53. The molecule has 1 fully saturated rings. The van der Waals surface area contributed by atoms with E-state index in [-0.39, 0.29) is 28.6 Å². The highest BCUT2D eigenvalue weighted by Crippen LogP contribution is 2.34. The van der Waals surface area contributed by atoms with E-state index in [1.165, 1.54) is 17.7 Å². The SMILES string of the molecule is COc1ccnc(C(C)C)c1-n1c(=O)nc(N2CCN(C(=O)OC(C)(C)C)C[C@@H]2C)c2cc(F)c(Cl)nc21. The van der Waals surface area contributed by atoms with Crippen LogP contribution in [-0.2, 0) is 4.74 Å². The minimum Gasteiger partial charge on any atom is -0.494 e. The van der Waals surface area contributed by atoms with E-state index in [4.69, 9.17) is 21.1 Å². The molecule has 1 amide bonds. The summed E-state index contributed by atoms with van der Waals surface area (Å²) in [5, 5.41) is -0.0794. The highest BCUT2D eigenvalue weighted by Gasteiger charge is 2.33. The Labute approximate surface area is 225 Å². The standard InChI is InChI=1S/C26H32ClFN6O4/c1-14(2)19-20(18(37-7)8-9-29-19)34-23-16(12-17(28)21(27)30-23)22(31-24(34)35)33-11-10-32(13-15(33)3)25(36)38-26(4,5)6/h8-9,12,14-15H,10-11,13H2,1-7H3/t15-/m0/s1. The number of pyridine rings is 2. The molecule has 12 heteroatoms. The second-order valence-corrected chi connectivity index (χ2v) is 10.9. The van der Waals surface area contributed by atoms with Gasteiger partial charge in [-0.15, -0.1) is 0 Å². The van der Waals surface area contributed by atoms with E-state index >= 15 is 0 Å². The number of methoxy groups -OCH3 is 1. The molecule has 0 unspecified atom stereocenters. The lowest BCUT2D eigenvalue weighted by molar-refractivity contribution is 0.0218. The zero-order valence-corrected chi connectivity index (χ0v) is 23.3. The van der Waals surface area contributed by atoms with E-state index in [0.29, 0.717) is 42.2 Å². The van der Waals surface area contributed by atoms with Gasteiger partial charge in [0.25, 0.3) is 0 Å². The number of rotatable bonds is 4. The molecular weight excluding hydrogens is 515 g/mol. The molecule has 1 aliphatic heterocycles. The molecule has 4 heterocycles. The number of nitrogens with zero attached hydrogens (tertiary/aromatic N) is 6. The van der Waals surface area contributed by atoms with E-state index in [0.717, 1.165) is 0 Å². The third-order valence-corrected chi connectivity index (χ3v) is 6.48. The van der Waals surface area contributed by atoms with E-state index in [1.54, 1.807) is 17.2 Å². The van der Waals surface area contributed by atoms with Crippen molar-refractivity contribution in [2.45, 2.75) is 59.1 Å². The summed E-state index contributed by atoms with van der Waals surface area (Å²) < 4.78 is 27.1. The van der Waals surface area contributed by atoms with Crippen LogP contribution in [0.4, 0.5) is 15.0 Å². The predicted molar refractivity (Wildman–Crippen MR) is 143 cm³/mol. The predicted octanol–water partition coefficient (Wildman–Crippen LogP) is 4.55. The minimum absolute atomic E-state index is 0.0707. The van der Waals surface area contributed by atoms with Crippen molar-refractivity contribution in [2.75, 3.05) is 31.6 Å². The average molecular weight is 547 g/mol. The van der Waals surface area contributed by atoms with Crippen LogP contribution in [0.25, 0.3) is 16.7 Å². The van der Waals surface area contributed by atoms with E-state index in [1.807, 2.05) is 46.4 Å². The van der Waals surface area contributed by atoms with Gasteiger partial charge in [0.1, 0.15) is 22.9 Å². The molecular formula is C26H32ClFN6O4. The van der Waals surface area contributed by atoms with Crippen LogP contribution < -0.4 is 15.3 Å². The Balaban J connectivity index is 1.86. The Morgan fingerprint density at radius 3 is 2.55 bits per heavy atom. The van der Waals surface area contributed by atoms with Gasteiger partial charge in [-0.05, 0) is 39.7 Å². The fourth-order valence-corrected chi connectivity index (χ4v) is 4.67. The van der Waals surface area contributed by atoms with Gasteiger partial charge in [0.05, 0.1) is 18.2 Å². The Morgan fingerprint density at radius 2 is 1.95 bits per heavy atom. The zero-order chi connectivity index (χ0) is 27.9. The number of piperazine rings is 1.